The lowest BCUT2D eigenvalue weighted by atomic mass is 10.0. The van der Waals surface area contributed by atoms with Gasteiger partial charge in [0.25, 0.3) is 5.91 Å². The second-order valence-electron chi connectivity index (χ2n) is 5.71. The summed E-state index contributed by atoms with van der Waals surface area (Å²) in [5.74, 6) is -0.0418. The molecule has 0 saturated carbocycles. The van der Waals surface area contributed by atoms with E-state index < -0.39 is 0 Å². The molecule has 0 N–H and O–H groups in total. The van der Waals surface area contributed by atoms with Gasteiger partial charge in [-0.3, -0.25) is 14.8 Å². The molecule has 4 nitrogen and oxygen atoms in total. The Morgan fingerprint density at radius 2 is 1.81 bits per heavy atom. The van der Waals surface area contributed by atoms with Gasteiger partial charge in [-0.25, -0.2) is 0 Å². The summed E-state index contributed by atoms with van der Waals surface area (Å²) in [5, 5.41) is 0.654. The lowest BCUT2D eigenvalue weighted by molar-refractivity contribution is 0.0762. The Balaban J connectivity index is 0.000000948. The number of halogens is 1. The Labute approximate surface area is 158 Å². The van der Waals surface area contributed by atoms with Crippen LogP contribution in [0.5, 0.6) is 0 Å². The smallest absolute Gasteiger partial charge is 0.273 e. The maximum Gasteiger partial charge on any atom is 0.273 e. The molecule has 0 saturated heterocycles. The third-order valence-corrected chi connectivity index (χ3v) is 4.52. The van der Waals surface area contributed by atoms with Crippen LogP contribution < -0.4 is 0 Å². The minimum atomic E-state index is -0.0418. The number of amides is 1. The molecule has 26 heavy (non-hydrogen) atoms. The summed E-state index contributed by atoms with van der Waals surface area (Å²) in [6.45, 7) is 5.05. The van der Waals surface area contributed by atoms with Crippen LogP contribution >= 0.6 is 11.6 Å². The summed E-state index contributed by atoms with van der Waals surface area (Å²) in [6.07, 6.45) is 5.16. The number of fused-ring (bicyclic) bond motifs is 1. The van der Waals surface area contributed by atoms with Crippen molar-refractivity contribution in [3.63, 3.8) is 0 Å². The average molecular weight is 366 g/mol. The zero-order valence-corrected chi connectivity index (χ0v) is 15.6. The number of carbonyl (C=O) groups is 1. The number of hydrogen-bond acceptors (Lipinski definition) is 3. The minimum absolute atomic E-state index is 0.0418. The average Bonchev–Trinajstić information content (AvgIpc) is 3.01. The van der Waals surface area contributed by atoms with Crippen LogP contribution in [0, 0.1) is 0 Å². The van der Waals surface area contributed by atoms with E-state index in [0.717, 1.165) is 22.3 Å². The fourth-order valence-electron chi connectivity index (χ4n) is 2.92. The van der Waals surface area contributed by atoms with Crippen molar-refractivity contribution in [3.8, 4) is 11.1 Å². The Bertz CT molecular complexity index is 912. The molecule has 132 valence electrons. The number of carbonyl (C=O) groups excluding carboxylic acids is 1. The van der Waals surface area contributed by atoms with Gasteiger partial charge in [0.05, 0.1) is 0 Å². The first-order chi connectivity index (χ1) is 12.7. The first kappa shape index (κ1) is 18.1. The standard InChI is InChI=1S/C19H14ClN3O.C2H6/c20-17-10-14(13-5-8-21-9-6-13)3-4-15(17)11-23-12-16-2-1-7-22-18(16)19(23)24;1-2/h1-10H,11-12H2;1-2H3. The van der Waals surface area contributed by atoms with E-state index in [4.69, 9.17) is 11.6 Å². The zero-order chi connectivity index (χ0) is 18.5. The van der Waals surface area contributed by atoms with Gasteiger partial charge in [0.1, 0.15) is 5.69 Å². The van der Waals surface area contributed by atoms with Crippen molar-refractivity contribution in [1.29, 1.82) is 0 Å². The highest BCUT2D eigenvalue weighted by Gasteiger charge is 2.28. The third-order valence-electron chi connectivity index (χ3n) is 4.17. The molecule has 0 radical (unpaired) electrons. The number of aromatic nitrogens is 2. The van der Waals surface area contributed by atoms with Crippen molar-refractivity contribution in [3.05, 3.63) is 82.9 Å². The van der Waals surface area contributed by atoms with Crippen molar-refractivity contribution in [2.75, 3.05) is 0 Å². The summed E-state index contributed by atoms with van der Waals surface area (Å²) >= 11 is 6.45. The quantitative estimate of drug-likeness (QED) is 0.657. The number of pyridine rings is 2. The first-order valence-electron chi connectivity index (χ1n) is 8.64. The summed E-state index contributed by atoms with van der Waals surface area (Å²) in [6, 6.07) is 13.6. The molecule has 0 fully saturated rings. The van der Waals surface area contributed by atoms with E-state index in [9.17, 15) is 4.79 Å². The molecule has 3 aromatic rings. The topological polar surface area (TPSA) is 46.1 Å². The molecule has 1 aliphatic rings. The molecule has 1 aliphatic heterocycles. The second kappa shape index (κ2) is 8.11. The van der Waals surface area contributed by atoms with Crippen LogP contribution in [0.3, 0.4) is 0 Å². The molecule has 0 unspecified atom stereocenters. The van der Waals surface area contributed by atoms with Crippen LogP contribution in [0.25, 0.3) is 11.1 Å². The molecule has 2 aromatic heterocycles. The molecule has 1 amide bonds. The molecular weight excluding hydrogens is 346 g/mol. The number of benzene rings is 1. The monoisotopic (exact) mass is 365 g/mol. The Kier molecular flexibility index (Phi) is 5.64. The van der Waals surface area contributed by atoms with Crippen molar-refractivity contribution >= 4 is 17.5 Å². The van der Waals surface area contributed by atoms with Gasteiger partial charge in [-0.15, -0.1) is 0 Å². The molecule has 5 heteroatoms. The van der Waals surface area contributed by atoms with E-state index in [1.54, 1.807) is 23.5 Å². The maximum absolute atomic E-state index is 12.4. The van der Waals surface area contributed by atoms with Crippen molar-refractivity contribution in [2.45, 2.75) is 26.9 Å². The number of hydrogen-bond donors (Lipinski definition) is 0. The van der Waals surface area contributed by atoms with Gasteiger partial charge in [-0.05, 0) is 41.0 Å². The molecule has 0 spiro atoms. The first-order valence-corrected chi connectivity index (χ1v) is 9.02. The van der Waals surface area contributed by atoms with Crippen LogP contribution in [-0.4, -0.2) is 20.8 Å². The minimum Gasteiger partial charge on any atom is -0.329 e. The second-order valence-corrected chi connectivity index (χ2v) is 6.12. The van der Waals surface area contributed by atoms with Gasteiger partial charge in [0, 0.05) is 42.3 Å². The van der Waals surface area contributed by atoms with Crippen LogP contribution in [0.2, 0.25) is 5.02 Å². The van der Waals surface area contributed by atoms with Gasteiger partial charge in [0.15, 0.2) is 0 Å². The van der Waals surface area contributed by atoms with E-state index in [1.165, 1.54) is 0 Å². The van der Waals surface area contributed by atoms with Crippen molar-refractivity contribution < 1.29 is 4.79 Å². The molecule has 0 atom stereocenters. The van der Waals surface area contributed by atoms with E-state index in [1.807, 2.05) is 56.3 Å². The largest absolute Gasteiger partial charge is 0.329 e. The van der Waals surface area contributed by atoms with E-state index in [0.29, 0.717) is 23.8 Å². The highest BCUT2D eigenvalue weighted by Crippen LogP contribution is 2.28. The van der Waals surface area contributed by atoms with Gasteiger partial charge in [0.2, 0.25) is 0 Å². The molecule has 0 aliphatic carbocycles. The van der Waals surface area contributed by atoms with E-state index in [2.05, 4.69) is 9.97 Å². The van der Waals surface area contributed by atoms with Crippen molar-refractivity contribution in [1.82, 2.24) is 14.9 Å². The predicted molar refractivity (Wildman–Crippen MR) is 104 cm³/mol. The van der Waals surface area contributed by atoms with Gasteiger partial charge in [-0.2, -0.15) is 0 Å². The highest BCUT2D eigenvalue weighted by atomic mass is 35.5. The molecule has 4 rings (SSSR count). The lowest BCUT2D eigenvalue weighted by Gasteiger charge is -2.17. The molecule has 3 heterocycles. The van der Waals surface area contributed by atoms with Crippen LogP contribution in [0.4, 0.5) is 0 Å². The molecular formula is C21H20ClN3O. The Hall–Kier alpha value is -2.72. The maximum atomic E-state index is 12.4. The van der Waals surface area contributed by atoms with Crippen molar-refractivity contribution in [2.24, 2.45) is 0 Å². The van der Waals surface area contributed by atoms with Gasteiger partial charge >= 0.3 is 0 Å². The number of rotatable bonds is 3. The third kappa shape index (κ3) is 3.60. The van der Waals surface area contributed by atoms with Gasteiger partial charge in [-0.1, -0.05) is 43.6 Å². The Morgan fingerprint density at radius 1 is 1.04 bits per heavy atom. The fourth-order valence-corrected chi connectivity index (χ4v) is 3.16. The predicted octanol–water partition coefficient (Wildman–Crippen LogP) is 4.98. The molecule has 0 bridgehead atoms. The lowest BCUT2D eigenvalue weighted by Crippen LogP contribution is -2.23. The van der Waals surface area contributed by atoms with Gasteiger partial charge < -0.3 is 4.90 Å². The zero-order valence-electron chi connectivity index (χ0n) is 14.8. The summed E-state index contributed by atoms with van der Waals surface area (Å²) < 4.78 is 0. The van der Waals surface area contributed by atoms with Crippen LogP contribution in [-0.2, 0) is 13.1 Å². The Morgan fingerprint density at radius 3 is 2.50 bits per heavy atom. The van der Waals surface area contributed by atoms with Crippen LogP contribution in [0.15, 0.2) is 61.1 Å². The van der Waals surface area contributed by atoms with E-state index in [-0.39, 0.29) is 5.91 Å². The summed E-state index contributed by atoms with van der Waals surface area (Å²) in [5.41, 5.74) is 4.53. The fraction of sp³-hybridized carbons (Fsp3) is 0.190. The van der Waals surface area contributed by atoms with E-state index >= 15 is 0 Å². The highest BCUT2D eigenvalue weighted by molar-refractivity contribution is 6.31. The summed E-state index contributed by atoms with van der Waals surface area (Å²) in [4.78, 5) is 22.4. The van der Waals surface area contributed by atoms with Crippen LogP contribution in [0.1, 0.15) is 35.5 Å². The molecule has 1 aromatic carbocycles. The normalized spacial score (nSPS) is 12.4. The number of nitrogens with zero attached hydrogens (tertiary/aromatic N) is 3. The SMILES string of the molecule is CC.O=C1c2ncccc2CN1Cc1ccc(-c2ccncc2)cc1Cl. The summed E-state index contributed by atoms with van der Waals surface area (Å²) in [7, 11) is 0.